The number of nitro benzene ring substituents is 2. The zero-order valence-corrected chi connectivity index (χ0v) is 13.0. The van der Waals surface area contributed by atoms with E-state index in [0.29, 0.717) is 11.3 Å². The van der Waals surface area contributed by atoms with Crippen LogP contribution in [0.15, 0.2) is 47.6 Å². The lowest BCUT2D eigenvalue weighted by molar-refractivity contribution is -0.393. The van der Waals surface area contributed by atoms with Gasteiger partial charge in [0.1, 0.15) is 5.69 Å². The highest BCUT2D eigenvalue weighted by atomic mass is 16.6. The number of nitro groups is 2. The molecule has 0 aliphatic heterocycles. The maximum atomic E-state index is 11.0. The monoisotopic (exact) mass is 343 g/mol. The number of benzene rings is 2. The summed E-state index contributed by atoms with van der Waals surface area (Å²) < 4.78 is 0. The molecule has 10 heteroatoms. The topological polar surface area (TPSA) is 140 Å². The summed E-state index contributed by atoms with van der Waals surface area (Å²) in [7, 11) is 0. The van der Waals surface area contributed by atoms with Crippen molar-refractivity contribution < 1.29 is 14.6 Å². The van der Waals surface area contributed by atoms with E-state index in [1.54, 1.807) is 24.3 Å². The van der Waals surface area contributed by atoms with Gasteiger partial charge in [-0.1, -0.05) is 12.1 Å². The molecule has 1 amide bonds. The molecule has 2 aromatic rings. The summed E-state index contributed by atoms with van der Waals surface area (Å²) in [5.74, 6) is -0.187. The Kier molecular flexibility index (Phi) is 5.36. The predicted octanol–water partition coefficient (Wildman–Crippen LogP) is 2.91. The van der Waals surface area contributed by atoms with Crippen molar-refractivity contribution in [3.8, 4) is 0 Å². The number of amides is 1. The lowest BCUT2D eigenvalue weighted by atomic mass is 10.2. The van der Waals surface area contributed by atoms with E-state index in [2.05, 4.69) is 15.8 Å². The molecule has 0 fully saturated rings. The number of anilines is 2. The Bertz CT molecular complexity index is 848. The van der Waals surface area contributed by atoms with Gasteiger partial charge >= 0.3 is 5.69 Å². The van der Waals surface area contributed by atoms with Gasteiger partial charge in [-0.2, -0.15) is 5.10 Å². The van der Waals surface area contributed by atoms with Crippen LogP contribution in [0.2, 0.25) is 0 Å². The standard InChI is InChI=1S/C15H13N5O5/c1-10(21)17-12-4-2-11(3-5-12)9-16-18-14-7-6-13(19(22)23)8-15(14)20(24)25/h2-9,18H,1H3,(H,17,21)/b16-9-. The third kappa shape index (κ3) is 4.82. The molecule has 2 N–H and O–H groups in total. The quantitative estimate of drug-likeness (QED) is 0.469. The van der Waals surface area contributed by atoms with Gasteiger partial charge in [-0.3, -0.25) is 30.4 Å². The molecular weight excluding hydrogens is 330 g/mol. The zero-order valence-electron chi connectivity index (χ0n) is 13.0. The molecule has 0 spiro atoms. The van der Waals surface area contributed by atoms with E-state index >= 15 is 0 Å². The molecule has 128 valence electrons. The number of hydrogen-bond acceptors (Lipinski definition) is 7. The molecule has 0 aliphatic rings. The van der Waals surface area contributed by atoms with Crippen LogP contribution in [0.25, 0.3) is 0 Å². The molecule has 2 rings (SSSR count). The molecule has 0 radical (unpaired) electrons. The first-order valence-corrected chi connectivity index (χ1v) is 6.96. The minimum atomic E-state index is -0.729. The van der Waals surface area contributed by atoms with Gasteiger partial charge in [0.2, 0.25) is 5.91 Å². The van der Waals surface area contributed by atoms with Crippen LogP contribution in [0.5, 0.6) is 0 Å². The van der Waals surface area contributed by atoms with Crippen LogP contribution in [-0.2, 0) is 4.79 Å². The molecule has 0 aromatic heterocycles. The Balaban J connectivity index is 2.12. The third-order valence-corrected chi connectivity index (χ3v) is 3.02. The average Bonchev–Trinajstić information content (AvgIpc) is 2.55. The van der Waals surface area contributed by atoms with Crippen molar-refractivity contribution in [2.75, 3.05) is 10.7 Å². The van der Waals surface area contributed by atoms with Gasteiger partial charge in [-0.05, 0) is 23.8 Å². The van der Waals surface area contributed by atoms with Gasteiger partial charge in [-0.25, -0.2) is 0 Å². The Morgan fingerprint density at radius 2 is 1.76 bits per heavy atom. The van der Waals surface area contributed by atoms with Crippen molar-refractivity contribution in [3.63, 3.8) is 0 Å². The van der Waals surface area contributed by atoms with Crippen molar-refractivity contribution in [2.45, 2.75) is 6.92 Å². The lowest BCUT2D eigenvalue weighted by Gasteiger charge is -2.03. The summed E-state index contributed by atoms with van der Waals surface area (Å²) in [5.41, 5.74) is 3.00. The lowest BCUT2D eigenvalue weighted by Crippen LogP contribution is -2.05. The minimum Gasteiger partial charge on any atom is -0.326 e. The second kappa shape index (κ2) is 7.64. The maximum absolute atomic E-state index is 11.0. The number of nitrogens with zero attached hydrogens (tertiary/aromatic N) is 3. The first-order chi connectivity index (χ1) is 11.9. The summed E-state index contributed by atoms with van der Waals surface area (Å²) in [6.45, 7) is 1.40. The van der Waals surface area contributed by atoms with Crippen LogP contribution in [-0.4, -0.2) is 22.0 Å². The van der Waals surface area contributed by atoms with E-state index in [0.717, 1.165) is 12.1 Å². The second-order valence-corrected chi connectivity index (χ2v) is 4.89. The number of carbonyl (C=O) groups is 1. The van der Waals surface area contributed by atoms with Crippen LogP contribution in [0, 0.1) is 20.2 Å². The Hall–Kier alpha value is -3.82. The summed E-state index contributed by atoms with van der Waals surface area (Å²) in [6.07, 6.45) is 1.42. The van der Waals surface area contributed by atoms with Crippen molar-refractivity contribution in [2.24, 2.45) is 5.10 Å². The number of nitrogens with one attached hydrogen (secondary N) is 2. The highest BCUT2D eigenvalue weighted by Gasteiger charge is 2.18. The third-order valence-electron chi connectivity index (χ3n) is 3.02. The fourth-order valence-corrected chi connectivity index (χ4v) is 1.91. The number of hydrogen-bond donors (Lipinski definition) is 2. The second-order valence-electron chi connectivity index (χ2n) is 4.89. The minimum absolute atomic E-state index is 0.0294. The number of rotatable bonds is 6. The first-order valence-electron chi connectivity index (χ1n) is 6.96. The summed E-state index contributed by atoms with van der Waals surface area (Å²) >= 11 is 0. The average molecular weight is 343 g/mol. The number of non-ortho nitro benzene ring substituents is 1. The van der Waals surface area contributed by atoms with E-state index in [4.69, 9.17) is 0 Å². The fraction of sp³-hybridized carbons (Fsp3) is 0.0667. The van der Waals surface area contributed by atoms with Gasteiger partial charge in [0.15, 0.2) is 0 Å². The molecule has 25 heavy (non-hydrogen) atoms. The number of carbonyl (C=O) groups excluding carboxylic acids is 1. The molecule has 0 saturated heterocycles. The molecule has 0 heterocycles. The van der Waals surface area contributed by atoms with Gasteiger partial charge in [0.25, 0.3) is 5.69 Å². The maximum Gasteiger partial charge on any atom is 0.301 e. The molecule has 0 atom stereocenters. The van der Waals surface area contributed by atoms with Crippen LogP contribution in [0.3, 0.4) is 0 Å². The molecule has 10 nitrogen and oxygen atoms in total. The summed E-state index contributed by atoms with van der Waals surface area (Å²) in [5, 5.41) is 28.2. The Morgan fingerprint density at radius 3 is 2.32 bits per heavy atom. The van der Waals surface area contributed by atoms with E-state index < -0.39 is 15.5 Å². The Morgan fingerprint density at radius 1 is 1.08 bits per heavy atom. The highest BCUT2D eigenvalue weighted by molar-refractivity contribution is 5.89. The SMILES string of the molecule is CC(=O)Nc1ccc(/C=N\Nc2ccc([N+](=O)[O-])cc2[N+](=O)[O-])cc1. The van der Waals surface area contributed by atoms with E-state index in [1.807, 2.05) is 0 Å². The van der Waals surface area contributed by atoms with Gasteiger partial charge in [-0.15, -0.1) is 0 Å². The van der Waals surface area contributed by atoms with Crippen molar-refractivity contribution >= 4 is 34.9 Å². The first kappa shape index (κ1) is 17.5. The van der Waals surface area contributed by atoms with Gasteiger partial charge in [0.05, 0.1) is 22.1 Å². The molecule has 0 unspecified atom stereocenters. The van der Waals surface area contributed by atoms with E-state index in [1.165, 1.54) is 19.2 Å². The smallest absolute Gasteiger partial charge is 0.301 e. The van der Waals surface area contributed by atoms with Crippen molar-refractivity contribution in [3.05, 3.63) is 68.3 Å². The normalized spacial score (nSPS) is 10.4. The molecular formula is C15H13N5O5. The molecule has 0 bridgehead atoms. The highest BCUT2D eigenvalue weighted by Crippen LogP contribution is 2.28. The predicted molar refractivity (Wildman–Crippen MR) is 91.7 cm³/mol. The summed E-state index contributed by atoms with van der Waals surface area (Å²) in [4.78, 5) is 31.2. The molecule has 2 aromatic carbocycles. The van der Waals surface area contributed by atoms with Crippen LogP contribution in [0.1, 0.15) is 12.5 Å². The zero-order chi connectivity index (χ0) is 18.4. The number of hydrazone groups is 1. The van der Waals surface area contributed by atoms with Crippen molar-refractivity contribution in [1.82, 2.24) is 0 Å². The van der Waals surface area contributed by atoms with Crippen molar-refractivity contribution in [1.29, 1.82) is 0 Å². The van der Waals surface area contributed by atoms with Crippen LogP contribution in [0.4, 0.5) is 22.7 Å². The largest absolute Gasteiger partial charge is 0.326 e. The van der Waals surface area contributed by atoms with E-state index in [-0.39, 0.29) is 17.3 Å². The van der Waals surface area contributed by atoms with Crippen LogP contribution >= 0.6 is 0 Å². The molecule has 0 saturated carbocycles. The molecule has 0 aliphatic carbocycles. The fourth-order valence-electron chi connectivity index (χ4n) is 1.91. The van der Waals surface area contributed by atoms with Crippen LogP contribution < -0.4 is 10.7 Å². The summed E-state index contributed by atoms with van der Waals surface area (Å²) in [6, 6.07) is 9.97. The van der Waals surface area contributed by atoms with Gasteiger partial charge < -0.3 is 5.32 Å². The Labute approximate surface area is 141 Å². The van der Waals surface area contributed by atoms with Gasteiger partial charge in [0, 0.05) is 18.7 Å². The van der Waals surface area contributed by atoms with E-state index in [9.17, 15) is 25.0 Å².